The smallest absolute Gasteiger partial charge is 0.149 e. The minimum absolute atomic E-state index is 0.280. The molecule has 2 N–H and O–H groups in total. The Bertz CT molecular complexity index is 563. The van der Waals surface area contributed by atoms with Crippen molar-refractivity contribution in [3.63, 3.8) is 0 Å². The number of nitrogens with zero attached hydrogens (tertiary/aromatic N) is 1. The van der Waals surface area contributed by atoms with Gasteiger partial charge in [-0.2, -0.15) is 0 Å². The van der Waals surface area contributed by atoms with Crippen LogP contribution in [0, 0.1) is 5.82 Å². The summed E-state index contributed by atoms with van der Waals surface area (Å²) in [5.41, 5.74) is 9.36. The van der Waals surface area contributed by atoms with E-state index >= 15 is 0 Å². The molecule has 0 atom stereocenters. The predicted molar refractivity (Wildman–Crippen MR) is 62.8 cm³/mol. The van der Waals surface area contributed by atoms with E-state index in [9.17, 15) is 4.39 Å². The Morgan fingerprint density at radius 3 is 2.88 bits per heavy atom. The molecule has 1 aromatic heterocycles. The molecular weight excluding hydrogens is 203 g/mol. The van der Waals surface area contributed by atoms with Crippen molar-refractivity contribution in [2.45, 2.75) is 25.7 Å². The number of aryl methyl sites for hydroxylation is 1. The Morgan fingerprint density at radius 1 is 1.19 bits per heavy atom. The molecule has 0 radical (unpaired) electrons. The molecule has 1 heterocycles. The molecule has 0 aliphatic heterocycles. The number of hydrogen-bond donors (Lipinski definition) is 1. The number of pyridine rings is 1. The zero-order valence-electron chi connectivity index (χ0n) is 8.96. The van der Waals surface area contributed by atoms with E-state index in [0.29, 0.717) is 5.52 Å². The van der Waals surface area contributed by atoms with Gasteiger partial charge in [0.1, 0.15) is 11.3 Å². The Kier molecular flexibility index (Phi) is 2.06. The van der Waals surface area contributed by atoms with Gasteiger partial charge in [0, 0.05) is 16.8 Å². The fourth-order valence-corrected chi connectivity index (χ4v) is 2.45. The molecule has 1 aliphatic carbocycles. The van der Waals surface area contributed by atoms with Gasteiger partial charge in [0.25, 0.3) is 0 Å². The highest BCUT2D eigenvalue weighted by molar-refractivity contribution is 5.92. The summed E-state index contributed by atoms with van der Waals surface area (Å²) in [5.74, 6) is -0.280. The second-order valence-electron chi connectivity index (χ2n) is 4.29. The van der Waals surface area contributed by atoms with Crippen molar-refractivity contribution in [1.29, 1.82) is 0 Å². The highest BCUT2D eigenvalue weighted by atomic mass is 19.1. The van der Waals surface area contributed by atoms with E-state index in [1.54, 1.807) is 6.07 Å². The van der Waals surface area contributed by atoms with Crippen molar-refractivity contribution in [3.8, 4) is 0 Å². The van der Waals surface area contributed by atoms with Gasteiger partial charge in [0.15, 0.2) is 0 Å². The summed E-state index contributed by atoms with van der Waals surface area (Å²) < 4.78 is 13.6. The highest BCUT2D eigenvalue weighted by Gasteiger charge is 2.17. The number of nitrogen functional groups attached to an aromatic ring is 1. The molecule has 0 fully saturated rings. The lowest BCUT2D eigenvalue weighted by Crippen LogP contribution is -2.09. The van der Waals surface area contributed by atoms with E-state index in [0.717, 1.165) is 48.0 Å². The first-order valence-corrected chi connectivity index (χ1v) is 5.63. The molecule has 3 heteroatoms. The minimum Gasteiger partial charge on any atom is -0.398 e. The minimum atomic E-state index is -0.280. The maximum Gasteiger partial charge on any atom is 0.149 e. The number of anilines is 1. The van der Waals surface area contributed by atoms with E-state index < -0.39 is 0 Å². The zero-order valence-corrected chi connectivity index (χ0v) is 8.96. The van der Waals surface area contributed by atoms with E-state index in [2.05, 4.69) is 4.98 Å². The summed E-state index contributed by atoms with van der Waals surface area (Å²) >= 11 is 0. The molecule has 0 spiro atoms. The molecule has 1 aliphatic rings. The average molecular weight is 216 g/mol. The fourth-order valence-electron chi connectivity index (χ4n) is 2.45. The standard InChI is InChI=1S/C13H13FN2/c14-10-6-3-5-9-12(15)8-4-1-2-7-11(8)16-13(9)10/h3,5-6H,1-2,4,7H2,(H2,15,16). The lowest BCUT2D eigenvalue weighted by Gasteiger charge is -2.18. The van der Waals surface area contributed by atoms with Crippen LogP contribution in [0.2, 0.25) is 0 Å². The van der Waals surface area contributed by atoms with Crippen LogP contribution in [-0.2, 0) is 12.8 Å². The predicted octanol–water partition coefficient (Wildman–Crippen LogP) is 2.83. The maximum absolute atomic E-state index is 13.6. The maximum atomic E-state index is 13.6. The van der Waals surface area contributed by atoms with Gasteiger partial charge in [0.2, 0.25) is 0 Å². The van der Waals surface area contributed by atoms with Gasteiger partial charge in [-0.25, -0.2) is 9.37 Å². The van der Waals surface area contributed by atoms with E-state index in [1.165, 1.54) is 6.07 Å². The number of aromatic nitrogens is 1. The van der Waals surface area contributed by atoms with Crippen LogP contribution < -0.4 is 5.73 Å². The van der Waals surface area contributed by atoms with Gasteiger partial charge in [-0.3, -0.25) is 0 Å². The number of halogens is 1. The van der Waals surface area contributed by atoms with E-state index in [-0.39, 0.29) is 5.82 Å². The van der Waals surface area contributed by atoms with Crippen molar-refractivity contribution in [3.05, 3.63) is 35.3 Å². The first-order valence-electron chi connectivity index (χ1n) is 5.63. The van der Waals surface area contributed by atoms with Crippen LogP contribution in [0.1, 0.15) is 24.1 Å². The second-order valence-corrected chi connectivity index (χ2v) is 4.29. The number of rotatable bonds is 0. The van der Waals surface area contributed by atoms with Crippen LogP contribution >= 0.6 is 0 Å². The summed E-state index contributed by atoms with van der Waals surface area (Å²) in [7, 11) is 0. The Labute approximate surface area is 93.3 Å². The monoisotopic (exact) mass is 216 g/mol. The number of benzene rings is 1. The normalized spacial score (nSPS) is 15.1. The first-order chi connectivity index (χ1) is 7.77. The molecule has 0 saturated carbocycles. The van der Waals surface area contributed by atoms with E-state index in [1.807, 2.05) is 6.07 Å². The van der Waals surface area contributed by atoms with Crippen molar-refractivity contribution in [2.24, 2.45) is 0 Å². The Balaban J connectivity index is 2.39. The Hall–Kier alpha value is -1.64. The van der Waals surface area contributed by atoms with Crippen LogP contribution in [0.5, 0.6) is 0 Å². The molecule has 0 bridgehead atoms. The molecule has 0 saturated heterocycles. The Morgan fingerprint density at radius 2 is 2.00 bits per heavy atom. The van der Waals surface area contributed by atoms with Crippen molar-refractivity contribution < 1.29 is 4.39 Å². The van der Waals surface area contributed by atoms with Crippen molar-refractivity contribution >= 4 is 16.6 Å². The highest BCUT2D eigenvalue weighted by Crippen LogP contribution is 2.31. The third-order valence-electron chi connectivity index (χ3n) is 3.29. The van der Waals surface area contributed by atoms with Crippen molar-refractivity contribution in [1.82, 2.24) is 4.98 Å². The summed E-state index contributed by atoms with van der Waals surface area (Å²) in [5, 5.41) is 0.751. The molecule has 0 unspecified atom stereocenters. The third-order valence-corrected chi connectivity index (χ3v) is 3.29. The number of para-hydroxylation sites is 1. The summed E-state index contributed by atoms with van der Waals surface area (Å²) in [6, 6.07) is 4.96. The summed E-state index contributed by atoms with van der Waals surface area (Å²) in [6.45, 7) is 0. The quantitative estimate of drug-likeness (QED) is 0.735. The largest absolute Gasteiger partial charge is 0.398 e. The summed E-state index contributed by atoms with van der Waals surface area (Å²) in [6.07, 6.45) is 4.17. The van der Waals surface area contributed by atoms with E-state index in [4.69, 9.17) is 5.73 Å². The van der Waals surface area contributed by atoms with Gasteiger partial charge < -0.3 is 5.73 Å². The van der Waals surface area contributed by atoms with Crippen molar-refractivity contribution in [2.75, 3.05) is 5.73 Å². The molecule has 16 heavy (non-hydrogen) atoms. The molecule has 2 nitrogen and oxygen atoms in total. The lowest BCUT2D eigenvalue weighted by molar-refractivity contribution is 0.632. The van der Waals surface area contributed by atoms with Crippen LogP contribution in [-0.4, -0.2) is 4.98 Å². The van der Waals surface area contributed by atoms with Crippen LogP contribution in [0.3, 0.4) is 0 Å². The zero-order chi connectivity index (χ0) is 11.1. The molecule has 82 valence electrons. The molecular formula is C13H13FN2. The summed E-state index contributed by atoms with van der Waals surface area (Å²) in [4.78, 5) is 4.42. The molecule has 3 rings (SSSR count). The van der Waals surface area contributed by atoms with Gasteiger partial charge >= 0.3 is 0 Å². The number of nitrogens with two attached hydrogens (primary N) is 1. The molecule has 2 aromatic rings. The van der Waals surface area contributed by atoms with Gasteiger partial charge in [-0.15, -0.1) is 0 Å². The van der Waals surface area contributed by atoms with Crippen LogP contribution in [0.25, 0.3) is 10.9 Å². The first kappa shape index (κ1) is 9.58. The number of hydrogen-bond acceptors (Lipinski definition) is 2. The second kappa shape index (κ2) is 3.44. The number of fused-ring (bicyclic) bond motifs is 2. The topological polar surface area (TPSA) is 38.9 Å². The SMILES string of the molecule is Nc1c2c(nc3c(F)cccc13)CCCC2. The molecule has 1 aromatic carbocycles. The third kappa shape index (κ3) is 1.28. The molecule has 0 amide bonds. The van der Waals surface area contributed by atoms with Crippen LogP contribution in [0.15, 0.2) is 18.2 Å². The van der Waals surface area contributed by atoms with Gasteiger partial charge in [-0.1, -0.05) is 12.1 Å². The van der Waals surface area contributed by atoms with Gasteiger partial charge in [-0.05, 0) is 37.3 Å². The van der Waals surface area contributed by atoms with Crippen LogP contribution in [0.4, 0.5) is 10.1 Å². The van der Waals surface area contributed by atoms with Gasteiger partial charge in [0.05, 0.1) is 0 Å². The lowest BCUT2D eigenvalue weighted by atomic mass is 9.93. The fraction of sp³-hybridized carbons (Fsp3) is 0.308. The average Bonchev–Trinajstić information content (AvgIpc) is 2.31.